The van der Waals surface area contributed by atoms with E-state index < -0.39 is 8.01 Å². The van der Waals surface area contributed by atoms with Gasteiger partial charge in [0.25, 0.3) is 0 Å². The first kappa shape index (κ1) is 8.69. The van der Waals surface area contributed by atoms with Crippen LogP contribution in [-0.4, -0.2) is 31.4 Å². The Morgan fingerprint density at radius 2 is 2.00 bits per heavy atom. The summed E-state index contributed by atoms with van der Waals surface area (Å²) in [5.74, 6) is 2.22. The van der Waals surface area contributed by atoms with E-state index in [2.05, 4.69) is 6.72 Å². The number of ether oxygens (including phenoxy) is 1. The zero-order valence-corrected chi connectivity index (χ0v) is 7.97. The molecule has 0 amide bonds. The van der Waals surface area contributed by atoms with Crippen LogP contribution in [0, 0.1) is 0 Å². The van der Waals surface area contributed by atoms with Crippen LogP contribution in [0.5, 0.6) is 0 Å². The van der Waals surface area contributed by atoms with Crippen molar-refractivity contribution < 1.29 is 4.74 Å². The van der Waals surface area contributed by atoms with E-state index in [-0.39, 0.29) is 0 Å². The van der Waals surface area contributed by atoms with E-state index in [0.717, 1.165) is 24.3 Å². The zero-order valence-electron chi connectivity index (χ0n) is 6.34. The molecule has 0 bridgehead atoms. The van der Waals surface area contributed by atoms with E-state index in [0.29, 0.717) is 6.10 Å². The zero-order chi connectivity index (χ0) is 7.61. The molecule has 0 unspecified atom stereocenters. The van der Waals surface area contributed by atoms with Gasteiger partial charge in [0.2, 0.25) is 0 Å². The van der Waals surface area contributed by atoms with Gasteiger partial charge in [0.15, 0.2) is 0 Å². The number of hydrogen-bond donors (Lipinski definition) is 0. The van der Waals surface area contributed by atoms with Crippen LogP contribution in [0.1, 0.15) is 12.8 Å². The van der Waals surface area contributed by atoms with Crippen LogP contribution in [0.4, 0.5) is 0 Å². The first-order valence-corrected chi connectivity index (χ1v) is 6.56. The minimum atomic E-state index is -0.872. The van der Waals surface area contributed by atoms with E-state index in [4.69, 9.17) is 15.9 Å². The van der Waals surface area contributed by atoms with Crippen molar-refractivity contribution in [1.82, 2.24) is 0 Å². The molecule has 0 aliphatic carbocycles. The SMILES string of the molecule is B=S1(=S)CCC(OC)CC1. The van der Waals surface area contributed by atoms with Crippen LogP contribution in [0.2, 0.25) is 0 Å². The van der Waals surface area contributed by atoms with Crippen molar-refractivity contribution >= 4 is 25.9 Å². The molecule has 1 nitrogen and oxygen atoms in total. The molecule has 0 aromatic rings. The van der Waals surface area contributed by atoms with E-state index in [1.807, 2.05) is 0 Å². The van der Waals surface area contributed by atoms with Gasteiger partial charge in [-0.3, -0.25) is 0 Å². The van der Waals surface area contributed by atoms with Crippen molar-refractivity contribution in [3.63, 3.8) is 0 Å². The molecule has 10 heavy (non-hydrogen) atoms. The molecule has 58 valence electrons. The standard InChI is InChI=1S/C6H13BOS2/c1-8-6-2-4-10(7,9)5-3-6/h6-7H,2-5H2,1H3. The summed E-state index contributed by atoms with van der Waals surface area (Å²) >= 11 is 5.31. The van der Waals surface area contributed by atoms with Gasteiger partial charge in [-0.2, -0.15) is 0 Å². The van der Waals surface area contributed by atoms with Crippen LogP contribution in [-0.2, 0) is 23.9 Å². The van der Waals surface area contributed by atoms with E-state index >= 15 is 0 Å². The van der Waals surface area contributed by atoms with Gasteiger partial charge in [0.05, 0.1) is 0 Å². The summed E-state index contributed by atoms with van der Waals surface area (Å²) in [6.45, 7) is 4.04. The van der Waals surface area contributed by atoms with Gasteiger partial charge in [-0.15, -0.1) is 0 Å². The molecule has 0 atom stereocenters. The second-order valence-electron chi connectivity index (χ2n) is 2.81. The molecule has 0 saturated carbocycles. The molecule has 0 spiro atoms. The minimum absolute atomic E-state index is 0.463. The molecular formula is C6H13BOS2. The van der Waals surface area contributed by atoms with Gasteiger partial charge in [-0.25, -0.2) is 0 Å². The second kappa shape index (κ2) is 3.33. The van der Waals surface area contributed by atoms with E-state index in [1.165, 1.54) is 0 Å². The summed E-state index contributed by atoms with van der Waals surface area (Å²) < 4.78 is 5.22. The maximum atomic E-state index is 5.31. The molecule has 0 aromatic carbocycles. The Morgan fingerprint density at radius 1 is 1.50 bits per heavy atom. The first-order valence-electron chi connectivity index (χ1n) is 3.49. The normalized spacial score (nSPS) is 41.4. The van der Waals surface area contributed by atoms with Crippen LogP contribution >= 0.6 is 0 Å². The molecule has 0 aromatic heterocycles. The summed E-state index contributed by atoms with van der Waals surface area (Å²) in [5.41, 5.74) is 0. The van der Waals surface area contributed by atoms with Crippen molar-refractivity contribution in [3.05, 3.63) is 0 Å². The molecule has 1 aliphatic heterocycles. The van der Waals surface area contributed by atoms with Gasteiger partial charge in [0, 0.05) is 0 Å². The first-order chi connectivity index (χ1) is 4.64. The molecule has 1 saturated heterocycles. The summed E-state index contributed by atoms with van der Waals surface area (Å²) in [4.78, 5) is 0. The third-order valence-electron chi connectivity index (χ3n) is 1.96. The van der Waals surface area contributed by atoms with Crippen molar-refractivity contribution in [2.24, 2.45) is 0 Å². The molecule has 1 heterocycles. The maximum absolute atomic E-state index is 5.31. The van der Waals surface area contributed by atoms with Crippen LogP contribution in [0.15, 0.2) is 0 Å². The summed E-state index contributed by atoms with van der Waals surface area (Å²) in [7, 11) is 0.905. The van der Waals surface area contributed by atoms with Gasteiger partial charge in [0.1, 0.15) is 0 Å². The molecule has 1 aliphatic rings. The third-order valence-corrected chi connectivity index (χ3v) is 4.92. The van der Waals surface area contributed by atoms with Crippen LogP contribution in [0.25, 0.3) is 0 Å². The van der Waals surface area contributed by atoms with E-state index in [9.17, 15) is 0 Å². The van der Waals surface area contributed by atoms with Crippen LogP contribution in [0.3, 0.4) is 0 Å². The van der Waals surface area contributed by atoms with Gasteiger partial charge in [-0.05, 0) is 0 Å². The van der Waals surface area contributed by atoms with Gasteiger partial charge in [-0.1, -0.05) is 0 Å². The third kappa shape index (κ3) is 2.33. The fourth-order valence-electron chi connectivity index (χ4n) is 1.17. The molecule has 0 radical (unpaired) electrons. The Balaban J connectivity index is 2.46. The predicted octanol–water partition coefficient (Wildman–Crippen LogP) is 0.227. The van der Waals surface area contributed by atoms with Crippen molar-refractivity contribution in [1.29, 1.82) is 0 Å². The fourth-order valence-corrected chi connectivity index (χ4v) is 3.34. The average molecular weight is 176 g/mol. The molecular weight excluding hydrogens is 163 g/mol. The molecule has 1 rings (SSSR count). The van der Waals surface area contributed by atoms with Gasteiger partial charge >= 0.3 is 68.2 Å². The number of rotatable bonds is 1. The number of methoxy groups -OCH3 is 1. The molecule has 0 N–H and O–H groups in total. The molecule has 1 fully saturated rings. The van der Waals surface area contributed by atoms with Crippen molar-refractivity contribution in [3.8, 4) is 0 Å². The van der Waals surface area contributed by atoms with Crippen molar-refractivity contribution in [2.75, 3.05) is 18.6 Å². The Bertz CT molecular complexity index is 184. The van der Waals surface area contributed by atoms with Crippen LogP contribution < -0.4 is 0 Å². The Labute approximate surface area is 68.6 Å². The fraction of sp³-hybridized carbons (Fsp3) is 1.00. The average Bonchev–Trinajstić information content (AvgIpc) is 1.88. The Hall–Kier alpha value is 0.595. The predicted molar refractivity (Wildman–Crippen MR) is 51.6 cm³/mol. The second-order valence-corrected chi connectivity index (χ2v) is 7.68. The topological polar surface area (TPSA) is 9.23 Å². The summed E-state index contributed by atoms with van der Waals surface area (Å²) in [5, 5.41) is 0. The van der Waals surface area contributed by atoms with Crippen molar-refractivity contribution in [2.45, 2.75) is 18.9 Å². The number of hydrogen-bond acceptors (Lipinski definition) is 2. The quantitative estimate of drug-likeness (QED) is 0.529. The Morgan fingerprint density at radius 3 is 2.40 bits per heavy atom. The van der Waals surface area contributed by atoms with Gasteiger partial charge < -0.3 is 0 Å². The monoisotopic (exact) mass is 176 g/mol. The van der Waals surface area contributed by atoms with E-state index in [1.54, 1.807) is 7.11 Å². The summed E-state index contributed by atoms with van der Waals surface area (Å²) in [6.07, 6.45) is 2.71. The Kier molecular flexibility index (Phi) is 2.89. The molecule has 4 heteroatoms. The summed E-state index contributed by atoms with van der Waals surface area (Å²) in [6, 6.07) is 0.